The van der Waals surface area contributed by atoms with E-state index in [0.29, 0.717) is 11.4 Å². The lowest BCUT2D eigenvalue weighted by Gasteiger charge is -2.33. The third-order valence-corrected chi connectivity index (χ3v) is 6.59. The molecule has 1 N–H and O–H groups in total. The minimum Gasteiger partial charge on any atom is -0.351 e. The lowest BCUT2D eigenvalue weighted by atomic mass is 10.0. The standard InChI is InChI=1S/C22H27N3O2S/c26-21(19-8-4-12-25(19)22(27)20-9-5-15-28-20)23-18-10-13-24(14-11-18)16-17-6-2-1-3-7-17/h1-3,5-7,9,15,18-19H,4,8,10-14,16H2,(H,23,26)/t19-/m1/s1. The monoisotopic (exact) mass is 397 g/mol. The predicted octanol–water partition coefficient (Wildman–Crippen LogP) is 3.13. The van der Waals surface area contributed by atoms with Crippen molar-refractivity contribution in [3.8, 4) is 0 Å². The molecule has 5 nitrogen and oxygen atoms in total. The van der Waals surface area contributed by atoms with Gasteiger partial charge in [-0.05, 0) is 42.7 Å². The van der Waals surface area contributed by atoms with Crippen LogP contribution in [0.2, 0.25) is 0 Å². The Bertz CT molecular complexity index is 785. The van der Waals surface area contributed by atoms with Crippen molar-refractivity contribution in [1.29, 1.82) is 0 Å². The van der Waals surface area contributed by atoms with E-state index in [0.717, 1.165) is 45.3 Å². The van der Waals surface area contributed by atoms with Crippen LogP contribution < -0.4 is 5.32 Å². The quantitative estimate of drug-likeness (QED) is 0.843. The first kappa shape index (κ1) is 19.2. The van der Waals surface area contributed by atoms with Gasteiger partial charge in [-0.15, -0.1) is 11.3 Å². The number of rotatable bonds is 5. The second-order valence-electron chi connectivity index (χ2n) is 7.68. The summed E-state index contributed by atoms with van der Waals surface area (Å²) in [5, 5.41) is 5.12. The van der Waals surface area contributed by atoms with E-state index < -0.39 is 0 Å². The number of likely N-dealkylation sites (tertiary alicyclic amines) is 2. The van der Waals surface area contributed by atoms with Gasteiger partial charge in [0.05, 0.1) is 4.88 Å². The summed E-state index contributed by atoms with van der Waals surface area (Å²) in [5.41, 5.74) is 1.33. The number of hydrogen-bond donors (Lipinski definition) is 1. The largest absolute Gasteiger partial charge is 0.351 e. The average Bonchev–Trinajstić information content (AvgIpc) is 3.42. The minimum atomic E-state index is -0.322. The molecule has 1 aromatic heterocycles. The minimum absolute atomic E-state index is 0.00895. The Morgan fingerprint density at radius 3 is 2.50 bits per heavy atom. The summed E-state index contributed by atoms with van der Waals surface area (Å²) < 4.78 is 0. The van der Waals surface area contributed by atoms with Crippen LogP contribution in [-0.2, 0) is 11.3 Å². The molecule has 2 saturated heterocycles. The van der Waals surface area contributed by atoms with Crippen LogP contribution >= 0.6 is 11.3 Å². The SMILES string of the molecule is O=C(NC1CCN(Cc2ccccc2)CC1)[C@H]1CCCN1C(=O)c1cccs1. The summed E-state index contributed by atoms with van der Waals surface area (Å²) in [7, 11) is 0. The fourth-order valence-electron chi connectivity index (χ4n) is 4.20. The van der Waals surface area contributed by atoms with Crippen LogP contribution in [0.15, 0.2) is 47.8 Å². The van der Waals surface area contributed by atoms with Crippen molar-refractivity contribution < 1.29 is 9.59 Å². The highest BCUT2D eigenvalue weighted by molar-refractivity contribution is 7.12. The molecule has 2 fully saturated rings. The van der Waals surface area contributed by atoms with E-state index in [1.165, 1.54) is 16.9 Å². The molecule has 3 heterocycles. The Kier molecular flexibility index (Phi) is 6.07. The normalized spacial score (nSPS) is 21.0. The summed E-state index contributed by atoms with van der Waals surface area (Å²) in [5.74, 6) is 0.00856. The molecule has 2 aromatic rings. The summed E-state index contributed by atoms with van der Waals surface area (Å²) in [6.45, 7) is 3.61. The lowest BCUT2D eigenvalue weighted by Crippen LogP contribution is -2.51. The van der Waals surface area contributed by atoms with Gasteiger partial charge in [0, 0.05) is 32.2 Å². The molecule has 0 radical (unpaired) electrons. The van der Waals surface area contributed by atoms with Gasteiger partial charge in [-0.3, -0.25) is 14.5 Å². The van der Waals surface area contributed by atoms with Crippen LogP contribution in [0.25, 0.3) is 0 Å². The smallest absolute Gasteiger partial charge is 0.264 e. The Morgan fingerprint density at radius 1 is 1.00 bits per heavy atom. The molecule has 0 saturated carbocycles. The topological polar surface area (TPSA) is 52.7 Å². The zero-order valence-corrected chi connectivity index (χ0v) is 16.9. The van der Waals surface area contributed by atoms with Crippen LogP contribution in [0.1, 0.15) is 40.9 Å². The van der Waals surface area contributed by atoms with E-state index in [2.05, 4.69) is 34.5 Å². The highest BCUT2D eigenvalue weighted by Crippen LogP contribution is 2.23. The molecule has 1 atom stereocenters. The number of hydrogen-bond acceptors (Lipinski definition) is 4. The summed E-state index contributed by atoms with van der Waals surface area (Å²) in [6, 6.07) is 14.1. The van der Waals surface area contributed by atoms with Crippen LogP contribution in [0.4, 0.5) is 0 Å². The van der Waals surface area contributed by atoms with Gasteiger partial charge in [0.25, 0.3) is 5.91 Å². The molecule has 1 aromatic carbocycles. The van der Waals surface area contributed by atoms with Crippen LogP contribution in [0, 0.1) is 0 Å². The maximum atomic E-state index is 12.9. The van der Waals surface area contributed by atoms with Crippen LogP contribution in [0.3, 0.4) is 0 Å². The lowest BCUT2D eigenvalue weighted by molar-refractivity contribution is -0.125. The van der Waals surface area contributed by atoms with Crippen molar-refractivity contribution in [2.24, 2.45) is 0 Å². The first-order chi connectivity index (χ1) is 13.7. The molecule has 0 unspecified atom stereocenters. The van der Waals surface area contributed by atoms with E-state index in [1.807, 2.05) is 23.6 Å². The zero-order chi connectivity index (χ0) is 19.3. The van der Waals surface area contributed by atoms with Gasteiger partial charge in [0.1, 0.15) is 6.04 Å². The van der Waals surface area contributed by atoms with Crippen molar-refractivity contribution in [1.82, 2.24) is 15.1 Å². The van der Waals surface area contributed by atoms with Gasteiger partial charge in [-0.2, -0.15) is 0 Å². The van der Waals surface area contributed by atoms with Crippen molar-refractivity contribution in [2.45, 2.75) is 44.3 Å². The molecule has 0 spiro atoms. The Balaban J connectivity index is 1.27. The molecule has 0 bridgehead atoms. The Labute approximate surface area is 170 Å². The molecule has 6 heteroatoms. The number of amides is 2. The number of nitrogens with zero attached hydrogens (tertiary/aromatic N) is 2. The third kappa shape index (κ3) is 4.45. The number of benzene rings is 1. The number of carbonyl (C=O) groups excluding carboxylic acids is 2. The van der Waals surface area contributed by atoms with Gasteiger partial charge in [-0.25, -0.2) is 0 Å². The maximum Gasteiger partial charge on any atom is 0.264 e. The van der Waals surface area contributed by atoms with Gasteiger partial charge in [-0.1, -0.05) is 36.4 Å². The Morgan fingerprint density at radius 2 is 1.79 bits per heavy atom. The highest BCUT2D eigenvalue weighted by Gasteiger charge is 2.36. The van der Waals surface area contributed by atoms with Crippen molar-refractivity contribution in [3.05, 3.63) is 58.3 Å². The van der Waals surface area contributed by atoms with Gasteiger partial charge in [0.2, 0.25) is 5.91 Å². The van der Waals surface area contributed by atoms with Crippen molar-refractivity contribution >= 4 is 23.2 Å². The first-order valence-electron chi connectivity index (χ1n) is 10.1. The van der Waals surface area contributed by atoms with Crippen LogP contribution in [-0.4, -0.2) is 53.3 Å². The van der Waals surface area contributed by atoms with Gasteiger partial charge >= 0.3 is 0 Å². The number of piperidine rings is 1. The van der Waals surface area contributed by atoms with Crippen LogP contribution in [0.5, 0.6) is 0 Å². The van der Waals surface area contributed by atoms with E-state index in [4.69, 9.17) is 0 Å². The molecule has 0 aliphatic carbocycles. The summed E-state index contributed by atoms with van der Waals surface area (Å²) in [4.78, 5) is 30.5. The molecular weight excluding hydrogens is 370 g/mol. The predicted molar refractivity (Wildman–Crippen MR) is 111 cm³/mol. The van der Waals surface area contributed by atoms with Crippen molar-refractivity contribution in [3.63, 3.8) is 0 Å². The molecule has 4 rings (SSSR count). The van der Waals surface area contributed by atoms with E-state index >= 15 is 0 Å². The molecular formula is C22H27N3O2S. The molecule has 2 aliphatic heterocycles. The average molecular weight is 398 g/mol. The second-order valence-corrected chi connectivity index (χ2v) is 8.63. The molecule has 28 heavy (non-hydrogen) atoms. The Hall–Kier alpha value is -2.18. The zero-order valence-electron chi connectivity index (χ0n) is 16.0. The second kappa shape index (κ2) is 8.88. The maximum absolute atomic E-state index is 12.9. The number of nitrogens with one attached hydrogen (secondary N) is 1. The molecule has 148 valence electrons. The van der Waals surface area contributed by atoms with E-state index in [9.17, 15) is 9.59 Å². The van der Waals surface area contributed by atoms with E-state index in [-0.39, 0.29) is 23.9 Å². The van der Waals surface area contributed by atoms with Gasteiger partial charge < -0.3 is 10.2 Å². The molecule has 2 amide bonds. The number of thiophene rings is 1. The highest BCUT2D eigenvalue weighted by atomic mass is 32.1. The summed E-state index contributed by atoms with van der Waals surface area (Å²) >= 11 is 1.44. The van der Waals surface area contributed by atoms with Crippen molar-refractivity contribution in [2.75, 3.05) is 19.6 Å². The van der Waals surface area contributed by atoms with E-state index in [1.54, 1.807) is 4.90 Å². The fraction of sp³-hybridized carbons (Fsp3) is 0.455. The fourth-order valence-corrected chi connectivity index (χ4v) is 4.88. The summed E-state index contributed by atoms with van der Waals surface area (Å²) in [6.07, 6.45) is 3.58. The third-order valence-electron chi connectivity index (χ3n) is 5.73. The van der Waals surface area contributed by atoms with Gasteiger partial charge in [0.15, 0.2) is 0 Å². The number of carbonyl (C=O) groups is 2. The first-order valence-corrected chi connectivity index (χ1v) is 11.0. The molecule has 2 aliphatic rings.